The second-order valence-electron chi connectivity index (χ2n) is 6.85. The van der Waals surface area contributed by atoms with Crippen LogP contribution < -0.4 is 10.6 Å². The van der Waals surface area contributed by atoms with Gasteiger partial charge in [0.2, 0.25) is 0 Å². The Labute approximate surface area is 142 Å². The van der Waals surface area contributed by atoms with Crippen molar-refractivity contribution in [3.05, 3.63) is 58.7 Å². The van der Waals surface area contributed by atoms with Crippen LogP contribution in [0.4, 0.5) is 11.4 Å². The molecule has 0 atom stereocenters. The number of amides is 2. The van der Waals surface area contributed by atoms with Gasteiger partial charge in [-0.05, 0) is 41.2 Å². The highest BCUT2D eigenvalue weighted by molar-refractivity contribution is 6.35. The maximum Gasteiger partial charge on any atom is 0.266 e. The molecule has 2 amide bonds. The minimum Gasteiger partial charge on any atom is -0.399 e. The number of nitrogen functional groups attached to an aromatic ring is 1. The Kier molecular flexibility index (Phi) is 3.91. The minimum absolute atomic E-state index is 0.202. The van der Waals surface area contributed by atoms with Crippen LogP contribution in [0.15, 0.2) is 36.4 Å². The van der Waals surface area contributed by atoms with E-state index in [-0.39, 0.29) is 23.7 Å². The number of imide groups is 1. The van der Waals surface area contributed by atoms with E-state index in [0.29, 0.717) is 16.8 Å². The second-order valence-corrected chi connectivity index (χ2v) is 6.85. The number of hydrogen-bond acceptors (Lipinski definition) is 3. The Morgan fingerprint density at radius 1 is 0.833 bits per heavy atom. The number of hydrogen-bond donors (Lipinski definition) is 1. The van der Waals surface area contributed by atoms with Crippen molar-refractivity contribution in [2.75, 3.05) is 10.6 Å². The zero-order valence-electron chi connectivity index (χ0n) is 14.5. The number of carbonyl (C=O) groups excluding carboxylic acids is 2. The third-order valence-corrected chi connectivity index (χ3v) is 4.48. The zero-order chi connectivity index (χ0) is 17.6. The molecule has 24 heavy (non-hydrogen) atoms. The van der Waals surface area contributed by atoms with Gasteiger partial charge in [-0.25, -0.2) is 4.90 Å². The Bertz CT molecular complexity index is 811. The van der Waals surface area contributed by atoms with E-state index in [0.717, 1.165) is 16.8 Å². The maximum atomic E-state index is 13.0. The van der Waals surface area contributed by atoms with Gasteiger partial charge >= 0.3 is 0 Å². The van der Waals surface area contributed by atoms with Gasteiger partial charge in [-0.3, -0.25) is 9.59 Å². The van der Waals surface area contributed by atoms with Gasteiger partial charge in [0.1, 0.15) is 0 Å². The van der Waals surface area contributed by atoms with Crippen molar-refractivity contribution in [2.45, 2.75) is 39.5 Å². The SMILES string of the molecule is CC(C)c1cccc(C(C)C)c1N1C(=O)c2ccc(N)cc2C1=O. The molecular formula is C20H22N2O2. The number of benzene rings is 2. The molecule has 0 saturated heterocycles. The quantitative estimate of drug-likeness (QED) is 0.676. The molecule has 2 aromatic carbocycles. The van der Waals surface area contributed by atoms with Crippen LogP contribution in [-0.2, 0) is 0 Å². The summed E-state index contributed by atoms with van der Waals surface area (Å²) in [4.78, 5) is 27.2. The summed E-state index contributed by atoms with van der Waals surface area (Å²) in [6, 6.07) is 10.9. The molecule has 124 valence electrons. The summed E-state index contributed by atoms with van der Waals surface area (Å²) in [6.45, 7) is 8.27. The van der Waals surface area contributed by atoms with Gasteiger partial charge < -0.3 is 5.73 Å². The molecule has 0 unspecified atom stereocenters. The van der Waals surface area contributed by atoms with E-state index < -0.39 is 0 Å². The monoisotopic (exact) mass is 322 g/mol. The molecule has 3 rings (SSSR count). The largest absolute Gasteiger partial charge is 0.399 e. The fourth-order valence-electron chi connectivity index (χ4n) is 3.23. The van der Waals surface area contributed by atoms with E-state index in [9.17, 15) is 9.59 Å². The zero-order valence-corrected chi connectivity index (χ0v) is 14.5. The van der Waals surface area contributed by atoms with Gasteiger partial charge in [-0.1, -0.05) is 45.9 Å². The molecule has 1 heterocycles. The molecule has 0 radical (unpaired) electrons. The highest BCUT2D eigenvalue weighted by Crippen LogP contribution is 2.39. The first-order chi connectivity index (χ1) is 11.3. The van der Waals surface area contributed by atoms with Gasteiger partial charge in [0.15, 0.2) is 0 Å². The lowest BCUT2D eigenvalue weighted by molar-refractivity contribution is 0.0925. The summed E-state index contributed by atoms with van der Waals surface area (Å²) in [5.41, 5.74) is 9.82. The third-order valence-electron chi connectivity index (χ3n) is 4.48. The molecule has 2 N–H and O–H groups in total. The van der Waals surface area contributed by atoms with Crippen LogP contribution in [0.5, 0.6) is 0 Å². The van der Waals surface area contributed by atoms with E-state index in [2.05, 4.69) is 27.7 Å². The Morgan fingerprint density at radius 3 is 1.92 bits per heavy atom. The fourth-order valence-corrected chi connectivity index (χ4v) is 3.23. The number of nitrogens with zero attached hydrogens (tertiary/aromatic N) is 1. The summed E-state index contributed by atoms with van der Waals surface area (Å²) < 4.78 is 0. The number of nitrogens with two attached hydrogens (primary N) is 1. The average molecular weight is 322 g/mol. The molecule has 0 bridgehead atoms. The Hall–Kier alpha value is -2.62. The van der Waals surface area contributed by atoms with Crippen LogP contribution in [0, 0.1) is 0 Å². The first kappa shape index (κ1) is 16.2. The predicted octanol–water partition coefficient (Wildman–Crippen LogP) is 4.32. The normalized spacial score (nSPS) is 14.0. The summed E-state index contributed by atoms with van der Waals surface area (Å²) in [6.07, 6.45) is 0. The lowest BCUT2D eigenvalue weighted by Gasteiger charge is -2.25. The molecule has 0 aliphatic carbocycles. The highest BCUT2D eigenvalue weighted by Gasteiger charge is 2.39. The summed E-state index contributed by atoms with van der Waals surface area (Å²) in [7, 11) is 0. The third kappa shape index (κ3) is 2.39. The van der Waals surface area contributed by atoms with E-state index in [1.165, 1.54) is 4.90 Å². The van der Waals surface area contributed by atoms with Gasteiger partial charge in [-0.2, -0.15) is 0 Å². The smallest absolute Gasteiger partial charge is 0.266 e. The standard InChI is InChI=1S/C20H22N2O2/c1-11(2)14-6-5-7-15(12(3)4)18(14)22-19(23)16-9-8-13(21)10-17(16)20(22)24/h5-12H,21H2,1-4H3. The van der Waals surface area contributed by atoms with Gasteiger partial charge in [0, 0.05) is 5.69 Å². The molecule has 0 aromatic heterocycles. The first-order valence-corrected chi connectivity index (χ1v) is 8.24. The van der Waals surface area contributed by atoms with E-state index in [1.807, 2.05) is 18.2 Å². The maximum absolute atomic E-state index is 13.0. The predicted molar refractivity (Wildman–Crippen MR) is 96.6 cm³/mol. The number of para-hydroxylation sites is 1. The van der Waals surface area contributed by atoms with Crippen LogP contribution in [0.25, 0.3) is 0 Å². The van der Waals surface area contributed by atoms with Crippen LogP contribution in [0.3, 0.4) is 0 Å². The van der Waals surface area contributed by atoms with Crippen molar-refractivity contribution in [1.29, 1.82) is 0 Å². The molecule has 0 saturated carbocycles. The van der Waals surface area contributed by atoms with E-state index in [4.69, 9.17) is 5.73 Å². The topological polar surface area (TPSA) is 63.4 Å². The summed E-state index contributed by atoms with van der Waals surface area (Å²) in [5.74, 6) is -0.163. The lowest BCUT2D eigenvalue weighted by Crippen LogP contribution is -2.31. The number of fused-ring (bicyclic) bond motifs is 1. The van der Waals surface area contributed by atoms with Crippen molar-refractivity contribution < 1.29 is 9.59 Å². The van der Waals surface area contributed by atoms with E-state index >= 15 is 0 Å². The summed E-state index contributed by atoms with van der Waals surface area (Å²) >= 11 is 0. The average Bonchev–Trinajstić information content (AvgIpc) is 2.77. The molecule has 0 fully saturated rings. The van der Waals surface area contributed by atoms with Crippen LogP contribution in [0.1, 0.15) is 71.4 Å². The number of rotatable bonds is 3. The molecular weight excluding hydrogens is 300 g/mol. The van der Waals surface area contributed by atoms with Crippen molar-refractivity contribution in [2.24, 2.45) is 0 Å². The lowest BCUT2D eigenvalue weighted by atomic mass is 9.92. The van der Waals surface area contributed by atoms with Gasteiger partial charge in [0.05, 0.1) is 16.8 Å². The van der Waals surface area contributed by atoms with Crippen molar-refractivity contribution in [3.63, 3.8) is 0 Å². The minimum atomic E-state index is -0.294. The number of anilines is 2. The fraction of sp³-hybridized carbons (Fsp3) is 0.300. The van der Waals surface area contributed by atoms with Crippen LogP contribution in [-0.4, -0.2) is 11.8 Å². The van der Waals surface area contributed by atoms with Gasteiger partial charge in [0.25, 0.3) is 11.8 Å². The van der Waals surface area contributed by atoms with Crippen LogP contribution >= 0.6 is 0 Å². The van der Waals surface area contributed by atoms with E-state index in [1.54, 1.807) is 18.2 Å². The molecule has 1 aliphatic rings. The summed E-state index contributed by atoms with van der Waals surface area (Å²) in [5, 5.41) is 0. The first-order valence-electron chi connectivity index (χ1n) is 8.24. The Balaban J connectivity index is 2.24. The molecule has 0 spiro atoms. The molecule has 2 aromatic rings. The van der Waals surface area contributed by atoms with Gasteiger partial charge in [-0.15, -0.1) is 0 Å². The Morgan fingerprint density at radius 2 is 1.38 bits per heavy atom. The molecule has 4 heteroatoms. The molecule has 1 aliphatic heterocycles. The van der Waals surface area contributed by atoms with Crippen molar-refractivity contribution in [3.8, 4) is 0 Å². The van der Waals surface area contributed by atoms with Crippen LogP contribution in [0.2, 0.25) is 0 Å². The van der Waals surface area contributed by atoms with Crippen molar-refractivity contribution in [1.82, 2.24) is 0 Å². The van der Waals surface area contributed by atoms with Crippen molar-refractivity contribution >= 4 is 23.2 Å². The number of carbonyl (C=O) groups is 2. The molecule has 4 nitrogen and oxygen atoms in total. The highest BCUT2D eigenvalue weighted by atomic mass is 16.2. The second kappa shape index (κ2) is 5.78.